The molecule has 57 heavy (non-hydrogen) atoms. The van der Waals surface area contributed by atoms with Crippen molar-refractivity contribution in [2.45, 2.75) is 95.0 Å². The lowest BCUT2D eigenvalue weighted by molar-refractivity contribution is -0.142. The number of H-pyrrole nitrogens is 1. The molecule has 0 saturated carbocycles. The average molecular weight is 802 g/mol. The highest BCUT2D eigenvalue weighted by atomic mass is 16.4. The van der Waals surface area contributed by atoms with Crippen molar-refractivity contribution in [2.75, 3.05) is 6.54 Å². The number of aliphatic carboxylic acids is 3. The number of carbonyl (C=O) groups is 8. The fourth-order valence-corrected chi connectivity index (χ4v) is 5.34. The van der Waals surface area contributed by atoms with E-state index in [0.717, 1.165) is 0 Å². The Morgan fingerprint density at radius 1 is 0.737 bits per heavy atom. The van der Waals surface area contributed by atoms with Crippen molar-refractivity contribution in [3.63, 3.8) is 0 Å². The van der Waals surface area contributed by atoms with Gasteiger partial charge >= 0.3 is 17.9 Å². The number of benzene rings is 1. The van der Waals surface area contributed by atoms with Crippen LogP contribution >= 0.6 is 0 Å². The summed E-state index contributed by atoms with van der Waals surface area (Å²) >= 11 is 0. The number of carboxylic acid groups (broad SMARTS) is 3. The van der Waals surface area contributed by atoms with Gasteiger partial charge in [-0.2, -0.15) is 0 Å². The molecule has 0 saturated heterocycles. The largest absolute Gasteiger partial charge is 0.481 e. The average Bonchev–Trinajstić information content (AvgIpc) is 3.65. The number of nitrogens with one attached hydrogen (secondary N) is 6. The van der Waals surface area contributed by atoms with E-state index in [9.17, 15) is 48.6 Å². The lowest BCUT2D eigenvalue weighted by atomic mass is 10.0. The minimum absolute atomic E-state index is 0.0525. The van der Waals surface area contributed by atoms with Crippen LogP contribution in [-0.2, 0) is 51.2 Å². The second-order valence-electron chi connectivity index (χ2n) is 13.4. The van der Waals surface area contributed by atoms with Crippen LogP contribution in [0.4, 0.5) is 0 Å². The second kappa shape index (κ2) is 23.4. The van der Waals surface area contributed by atoms with Gasteiger partial charge < -0.3 is 64.1 Å². The minimum Gasteiger partial charge on any atom is -0.481 e. The number of hydrogen-bond acceptors (Lipinski definition) is 11. The standard InChI is InChI=1S/C35H51N11O11/c1-18(2)28(46-29(51)21(36)15-27(49)50)33(55)43-23(10-11-26(47)48)31(53)44-24(13-19-7-4-3-5-8-19)32(54)42-22(9-6-12-40-35(37)38)30(52)45-25(34(56)57)14-20-16-39-17-41-20/h3-5,7-8,16-18,21-25,28H,6,9-15,36H2,1-2H3,(H,39,41)(H,42,54)(H,43,55)(H,44,53)(H,45,52)(H,46,51)(H,47,48)(H,49,50)(H,56,57)(H4,37,38,40)/t21-,22-,23-,24-,25-,28-/m0/s1. The number of imidazole rings is 1. The Kier molecular flexibility index (Phi) is 19.1. The van der Waals surface area contributed by atoms with Gasteiger partial charge in [0.1, 0.15) is 30.2 Å². The topological polar surface area (TPSA) is 376 Å². The molecule has 6 atom stereocenters. The second-order valence-corrected chi connectivity index (χ2v) is 13.4. The van der Waals surface area contributed by atoms with Crippen LogP contribution in [0.15, 0.2) is 47.8 Å². The Balaban J connectivity index is 2.40. The maximum atomic E-state index is 14.0. The normalized spacial score (nSPS) is 14.0. The zero-order valence-electron chi connectivity index (χ0n) is 31.5. The van der Waals surface area contributed by atoms with Crippen LogP contribution in [0.2, 0.25) is 0 Å². The predicted octanol–water partition coefficient (Wildman–Crippen LogP) is -2.92. The number of aromatic amines is 1. The summed E-state index contributed by atoms with van der Waals surface area (Å²) in [6.45, 7) is 3.16. The lowest BCUT2D eigenvalue weighted by Crippen LogP contribution is -2.60. The smallest absolute Gasteiger partial charge is 0.326 e. The first-order valence-corrected chi connectivity index (χ1v) is 17.9. The van der Waals surface area contributed by atoms with Crippen LogP contribution in [-0.4, -0.2) is 121 Å². The molecule has 312 valence electrons. The summed E-state index contributed by atoms with van der Waals surface area (Å²) in [5, 5.41) is 40.5. The molecule has 0 aliphatic rings. The Labute approximate surface area is 327 Å². The highest BCUT2D eigenvalue weighted by Gasteiger charge is 2.34. The number of carboxylic acids is 3. The summed E-state index contributed by atoms with van der Waals surface area (Å²) in [6.07, 6.45) is 0.710. The molecule has 22 nitrogen and oxygen atoms in total. The minimum atomic E-state index is -1.57. The Morgan fingerprint density at radius 2 is 1.32 bits per heavy atom. The molecule has 22 heteroatoms. The number of nitrogens with zero attached hydrogens (tertiary/aromatic N) is 2. The quantitative estimate of drug-likeness (QED) is 0.0272. The summed E-state index contributed by atoms with van der Waals surface area (Å²) in [5.74, 6) is -9.48. The number of carbonyl (C=O) groups excluding carboxylic acids is 5. The molecule has 0 fully saturated rings. The fourth-order valence-electron chi connectivity index (χ4n) is 5.34. The SMILES string of the molecule is CC(C)[C@H](NC(=O)[C@@H](N)CC(=O)O)C(=O)N[C@@H](CCC(=O)O)C(=O)N[C@@H](Cc1ccccc1)C(=O)N[C@@H](CCCN=C(N)N)C(=O)N[C@@H](Cc1cnc[nH]1)C(=O)O. The predicted molar refractivity (Wildman–Crippen MR) is 202 cm³/mol. The molecule has 2 rings (SSSR count). The van der Waals surface area contributed by atoms with Crippen LogP contribution in [0.3, 0.4) is 0 Å². The Hall–Kier alpha value is -6.58. The maximum absolute atomic E-state index is 14.0. The van der Waals surface area contributed by atoms with Gasteiger partial charge in [0, 0.05) is 37.7 Å². The molecule has 0 bridgehead atoms. The fraction of sp³-hybridized carbons (Fsp3) is 0.486. The van der Waals surface area contributed by atoms with Crippen molar-refractivity contribution in [3.05, 3.63) is 54.1 Å². The third kappa shape index (κ3) is 17.2. The van der Waals surface area contributed by atoms with Gasteiger partial charge in [0.2, 0.25) is 29.5 Å². The molecule has 1 aromatic heterocycles. The van der Waals surface area contributed by atoms with Gasteiger partial charge in [-0.1, -0.05) is 44.2 Å². The van der Waals surface area contributed by atoms with E-state index in [0.29, 0.717) is 11.3 Å². The summed E-state index contributed by atoms with van der Waals surface area (Å²) in [7, 11) is 0. The van der Waals surface area contributed by atoms with Gasteiger partial charge in [0.15, 0.2) is 5.96 Å². The lowest BCUT2D eigenvalue weighted by Gasteiger charge is -2.28. The monoisotopic (exact) mass is 801 g/mol. The van der Waals surface area contributed by atoms with E-state index in [1.54, 1.807) is 44.2 Å². The molecule has 0 unspecified atom stereocenters. The van der Waals surface area contributed by atoms with Gasteiger partial charge in [0.25, 0.3) is 0 Å². The van der Waals surface area contributed by atoms with E-state index >= 15 is 0 Å². The number of rotatable bonds is 25. The van der Waals surface area contributed by atoms with Crippen molar-refractivity contribution < 1.29 is 53.7 Å². The molecule has 1 heterocycles. The van der Waals surface area contributed by atoms with E-state index in [-0.39, 0.29) is 38.2 Å². The molecular formula is C35H51N11O11. The first-order chi connectivity index (χ1) is 26.9. The zero-order chi connectivity index (χ0) is 42.7. The number of aliphatic imine (C=N–C) groups is 1. The number of amides is 5. The third-order valence-electron chi connectivity index (χ3n) is 8.35. The van der Waals surface area contributed by atoms with E-state index < -0.39 is 109 Å². The van der Waals surface area contributed by atoms with E-state index in [2.05, 4.69) is 41.5 Å². The molecule has 5 amide bonds. The van der Waals surface area contributed by atoms with Crippen LogP contribution in [0.25, 0.3) is 0 Å². The zero-order valence-corrected chi connectivity index (χ0v) is 31.5. The van der Waals surface area contributed by atoms with Crippen molar-refractivity contribution in [1.29, 1.82) is 0 Å². The van der Waals surface area contributed by atoms with E-state index in [1.807, 2.05) is 0 Å². The van der Waals surface area contributed by atoms with Crippen LogP contribution in [0.1, 0.15) is 57.2 Å². The van der Waals surface area contributed by atoms with Crippen LogP contribution in [0, 0.1) is 5.92 Å². The number of nitrogens with two attached hydrogens (primary N) is 3. The van der Waals surface area contributed by atoms with Crippen LogP contribution < -0.4 is 43.8 Å². The molecule has 0 aliphatic heterocycles. The first-order valence-electron chi connectivity index (χ1n) is 17.9. The molecule has 0 radical (unpaired) electrons. The van der Waals surface area contributed by atoms with Gasteiger partial charge in [-0.25, -0.2) is 9.78 Å². The summed E-state index contributed by atoms with van der Waals surface area (Å²) in [4.78, 5) is 113. The number of guanidine groups is 1. The molecule has 0 aliphatic carbocycles. The van der Waals surface area contributed by atoms with Crippen LogP contribution in [0.5, 0.6) is 0 Å². The maximum Gasteiger partial charge on any atom is 0.326 e. The highest BCUT2D eigenvalue weighted by Crippen LogP contribution is 2.10. The van der Waals surface area contributed by atoms with Gasteiger partial charge in [-0.15, -0.1) is 0 Å². The molecule has 2 aromatic rings. The van der Waals surface area contributed by atoms with Crippen molar-refractivity contribution >= 4 is 53.4 Å². The van der Waals surface area contributed by atoms with Gasteiger partial charge in [0.05, 0.1) is 18.8 Å². The number of aromatic nitrogens is 2. The third-order valence-corrected chi connectivity index (χ3v) is 8.35. The van der Waals surface area contributed by atoms with Crippen molar-refractivity contribution in [1.82, 2.24) is 36.6 Å². The summed E-state index contributed by atoms with van der Waals surface area (Å²) < 4.78 is 0. The summed E-state index contributed by atoms with van der Waals surface area (Å²) in [5.41, 5.74) is 17.4. The molecule has 0 spiro atoms. The summed E-state index contributed by atoms with van der Waals surface area (Å²) in [6, 6.07) is -0.239. The Morgan fingerprint density at radius 3 is 1.86 bits per heavy atom. The Bertz CT molecular complexity index is 1720. The van der Waals surface area contributed by atoms with Crippen molar-refractivity contribution in [3.8, 4) is 0 Å². The van der Waals surface area contributed by atoms with E-state index in [1.165, 1.54) is 12.5 Å². The van der Waals surface area contributed by atoms with Gasteiger partial charge in [-0.05, 0) is 30.7 Å². The van der Waals surface area contributed by atoms with Crippen molar-refractivity contribution in [2.24, 2.45) is 28.1 Å². The van der Waals surface area contributed by atoms with Gasteiger partial charge in [-0.3, -0.25) is 38.6 Å². The first kappa shape index (κ1) is 46.6. The molecular weight excluding hydrogens is 750 g/mol. The molecule has 1 aromatic carbocycles. The highest BCUT2D eigenvalue weighted by molar-refractivity contribution is 5.97. The number of hydrogen-bond donors (Lipinski definition) is 12. The molecule has 15 N–H and O–H groups in total. The van der Waals surface area contributed by atoms with E-state index in [4.69, 9.17) is 22.3 Å².